The molecule has 7 nitrogen and oxygen atoms in total. The molecule has 2 N–H and O–H groups in total. The van der Waals surface area contributed by atoms with Crippen LogP contribution in [0.5, 0.6) is 5.75 Å². The summed E-state index contributed by atoms with van der Waals surface area (Å²) in [6.07, 6.45) is 6.39. The fraction of sp³-hybridized carbons (Fsp3) is 0.636. The van der Waals surface area contributed by atoms with Gasteiger partial charge >= 0.3 is 11.9 Å². The van der Waals surface area contributed by atoms with Crippen molar-refractivity contribution < 1.29 is 29.3 Å². The first-order valence-corrected chi connectivity index (χ1v) is 11.4. The van der Waals surface area contributed by atoms with E-state index in [2.05, 4.69) is 18.7 Å². The molecule has 9 heteroatoms. The minimum Gasteiger partial charge on any atom is -0.494 e. The first kappa shape index (κ1) is 27.5. The Morgan fingerprint density at radius 3 is 2.42 bits per heavy atom. The number of aliphatic carboxylic acids is 2. The third-order valence-electron chi connectivity index (χ3n) is 5.07. The molecule has 1 aromatic rings. The van der Waals surface area contributed by atoms with Gasteiger partial charge in [0, 0.05) is 19.2 Å². The van der Waals surface area contributed by atoms with E-state index in [9.17, 15) is 0 Å². The molecular weight excluding hydrogens is 445 g/mol. The number of carbonyl (C=O) groups is 2. The van der Waals surface area contributed by atoms with Gasteiger partial charge in [0.2, 0.25) is 0 Å². The lowest BCUT2D eigenvalue weighted by Gasteiger charge is -2.38. The van der Waals surface area contributed by atoms with Crippen LogP contribution in [-0.2, 0) is 14.3 Å². The first-order valence-electron chi connectivity index (χ1n) is 10.7. The second kappa shape index (κ2) is 15.3. The maximum atomic E-state index is 9.10. The molecule has 0 amide bonds. The normalized spacial score (nSPS) is 18.7. The predicted molar refractivity (Wildman–Crippen MR) is 121 cm³/mol. The number of halogens is 2. The topological polar surface area (TPSA) is 96.3 Å². The van der Waals surface area contributed by atoms with Gasteiger partial charge in [-0.2, -0.15) is 0 Å². The summed E-state index contributed by atoms with van der Waals surface area (Å²) < 4.78 is 11.9. The van der Waals surface area contributed by atoms with Crippen LogP contribution in [0.3, 0.4) is 0 Å². The Bertz CT molecular complexity index is 676. The average Bonchev–Trinajstić information content (AvgIpc) is 2.73. The number of rotatable bonds is 10. The molecule has 0 saturated carbocycles. The lowest BCUT2D eigenvalue weighted by molar-refractivity contribution is -0.159. The number of carboxylic acids is 2. The van der Waals surface area contributed by atoms with Gasteiger partial charge < -0.3 is 24.6 Å². The molecule has 176 valence electrons. The van der Waals surface area contributed by atoms with Gasteiger partial charge in [-0.15, -0.1) is 0 Å². The van der Waals surface area contributed by atoms with Gasteiger partial charge in [0.15, 0.2) is 0 Å². The zero-order chi connectivity index (χ0) is 23.2. The van der Waals surface area contributed by atoms with Crippen molar-refractivity contribution in [1.29, 1.82) is 0 Å². The Kier molecular flexibility index (Phi) is 13.6. The second-order valence-corrected chi connectivity index (χ2v) is 8.19. The minimum atomic E-state index is -1.82. The standard InChI is InChI=1S/C20H31Cl2NO2.C2H2O4/c1-3-5-6-11-23-12-9-16(20(15-23)24-4-2)10-13-25-17-7-8-18(21)19(22)14-17;3-1(4)2(5)6/h7-8,14,16,20H,3-6,9-13,15H2,1-2H3;(H,3,4)(H,5,6)/t16-,20+;/m0./s1. The van der Waals surface area contributed by atoms with E-state index in [0.717, 1.165) is 25.3 Å². The van der Waals surface area contributed by atoms with Gasteiger partial charge in [-0.05, 0) is 57.3 Å². The zero-order valence-electron chi connectivity index (χ0n) is 18.2. The van der Waals surface area contributed by atoms with Crippen LogP contribution < -0.4 is 4.74 Å². The van der Waals surface area contributed by atoms with Crippen LogP contribution in [0, 0.1) is 5.92 Å². The summed E-state index contributed by atoms with van der Waals surface area (Å²) in [5.41, 5.74) is 0. The smallest absolute Gasteiger partial charge is 0.414 e. The van der Waals surface area contributed by atoms with Crippen LogP contribution in [0.1, 0.15) is 46.0 Å². The minimum absolute atomic E-state index is 0.317. The molecule has 1 aliphatic heterocycles. The van der Waals surface area contributed by atoms with Gasteiger partial charge in [0.25, 0.3) is 0 Å². The van der Waals surface area contributed by atoms with Crippen molar-refractivity contribution >= 4 is 35.1 Å². The van der Waals surface area contributed by atoms with E-state index in [-0.39, 0.29) is 0 Å². The van der Waals surface area contributed by atoms with Crippen LogP contribution in [0.25, 0.3) is 0 Å². The van der Waals surface area contributed by atoms with Crippen LogP contribution in [0.2, 0.25) is 10.0 Å². The molecule has 2 rings (SSSR count). The lowest BCUT2D eigenvalue weighted by Crippen LogP contribution is -2.45. The largest absolute Gasteiger partial charge is 0.494 e. The molecule has 0 spiro atoms. The van der Waals surface area contributed by atoms with E-state index in [1.807, 2.05) is 6.07 Å². The second-order valence-electron chi connectivity index (χ2n) is 7.37. The summed E-state index contributed by atoms with van der Waals surface area (Å²) in [5.74, 6) is -2.31. The summed E-state index contributed by atoms with van der Waals surface area (Å²) in [4.78, 5) is 20.8. The van der Waals surface area contributed by atoms with Crippen molar-refractivity contribution in [3.63, 3.8) is 0 Å². The molecule has 0 aliphatic carbocycles. The Morgan fingerprint density at radius 2 is 1.84 bits per heavy atom. The Morgan fingerprint density at radius 1 is 1.13 bits per heavy atom. The third-order valence-corrected chi connectivity index (χ3v) is 5.81. The van der Waals surface area contributed by atoms with E-state index >= 15 is 0 Å². The molecule has 1 fully saturated rings. The van der Waals surface area contributed by atoms with E-state index < -0.39 is 11.9 Å². The monoisotopic (exact) mass is 477 g/mol. The summed E-state index contributed by atoms with van der Waals surface area (Å²) in [7, 11) is 0. The SMILES string of the molecule is CCCCCN1CC[C@@H](CCOc2ccc(Cl)c(Cl)c2)[C@H](OCC)C1.O=C(O)C(=O)O. The Balaban J connectivity index is 0.000000703. The number of likely N-dealkylation sites (tertiary alicyclic amines) is 1. The van der Waals surface area contributed by atoms with E-state index in [4.69, 9.17) is 52.5 Å². The molecule has 1 saturated heterocycles. The average molecular weight is 478 g/mol. The van der Waals surface area contributed by atoms with E-state index in [1.165, 1.54) is 38.8 Å². The van der Waals surface area contributed by atoms with Gasteiger partial charge in [0.05, 0.1) is 22.8 Å². The Labute approximate surface area is 194 Å². The van der Waals surface area contributed by atoms with Gasteiger partial charge in [-0.1, -0.05) is 43.0 Å². The van der Waals surface area contributed by atoms with Crippen LogP contribution in [-0.4, -0.2) is 66.0 Å². The molecule has 0 aromatic heterocycles. The molecule has 0 radical (unpaired) electrons. The third kappa shape index (κ3) is 11.1. The number of carboxylic acid groups (broad SMARTS) is 2. The highest BCUT2D eigenvalue weighted by Gasteiger charge is 2.29. The van der Waals surface area contributed by atoms with Crippen molar-refractivity contribution in [2.45, 2.75) is 52.1 Å². The van der Waals surface area contributed by atoms with Crippen LogP contribution in [0.4, 0.5) is 0 Å². The fourth-order valence-corrected chi connectivity index (χ4v) is 3.73. The molecular formula is C22H33Cl2NO6. The van der Waals surface area contributed by atoms with Crippen molar-refractivity contribution in [1.82, 2.24) is 4.90 Å². The molecule has 0 unspecified atom stereocenters. The summed E-state index contributed by atoms with van der Waals surface area (Å²) in [6.45, 7) is 9.21. The number of hydrogen-bond donors (Lipinski definition) is 2. The van der Waals surface area contributed by atoms with Crippen molar-refractivity contribution in [3.05, 3.63) is 28.2 Å². The quantitative estimate of drug-likeness (QED) is 0.367. The maximum Gasteiger partial charge on any atom is 0.414 e. The van der Waals surface area contributed by atoms with Crippen LogP contribution >= 0.6 is 23.2 Å². The summed E-state index contributed by atoms with van der Waals surface area (Å²) >= 11 is 12.0. The molecule has 1 heterocycles. The molecule has 2 atom stereocenters. The maximum absolute atomic E-state index is 9.10. The highest BCUT2D eigenvalue weighted by Crippen LogP contribution is 2.28. The lowest BCUT2D eigenvalue weighted by atomic mass is 9.90. The molecule has 1 aromatic carbocycles. The van der Waals surface area contributed by atoms with Gasteiger partial charge in [-0.25, -0.2) is 9.59 Å². The van der Waals surface area contributed by atoms with Gasteiger partial charge in [-0.3, -0.25) is 0 Å². The number of piperidine rings is 1. The van der Waals surface area contributed by atoms with E-state index in [0.29, 0.717) is 28.7 Å². The first-order chi connectivity index (χ1) is 14.8. The van der Waals surface area contributed by atoms with Crippen molar-refractivity contribution in [2.24, 2.45) is 5.92 Å². The van der Waals surface area contributed by atoms with Crippen LogP contribution in [0.15, 0.2) is 18.2 Å². The number of ether oxygens (including phenoxy) is 2. The number of benzene rings is 1. The van der Waals surface area contributed by atoms with Crippen molar-refractivity contribution in [3.8, 4) is 5.75 Å². The zero-order valence-corrected chi connectivity index (χ0v) is 19.7. The molecule has 0 bridgehead atoms. The summed E-state index contributed by atoms with van der Waals surface area (Å²) in [6, 6.07) is 5.42. The number of nitrogens with zero attached hydrogens (tertiary/aromatic N) is 1. The molecule has 31 heavy (non-hydrogen) atoms. The highest BCUT2D eigenvalue weighted by atomic mass is 35.5. The number of unbranched alkanes of at least 4 members (excludes halogenated alkanes) is 2. The highest BCUT2D eigenvalue weighted by molar-refractivity contribution is 6.42. The summed E-state index contributed by atoms with van der Waals surface area (Å²) in [5, 5.41) is 15.9. The van der Waals surface area contributed by atoms with Gasteiger partial charge in [0.1, 0.15) is 5.75 Å². The van der Waals surface area contributed by atoms with E-state index in [1.54, 1.807) is 12.1 Å². The molecule has 1 aliphatic rings. The van der Waals surface area contributed by atoms with Crippen molar-refractivity contribution in [2.75, 3.05) is 32.8 Å². The fourth-order valence-electron chi connectivity index (χ4n) is 3.45. The predicted octanol–water partition coefficient (Wildman–Crippen LogP) is 4.84. The Hall–Kier alpha value is -1.54. The number of hydrogen-bond acceptors (Lipinski definition) is 5.